The summed E-state index contributed by atoms with van der Waals surface area (Å²) in [5, 5.41) is 4.33. The topological polar surface area (TPSA) is 98.4 Å². The number of rotatable bonds is 6. The van der Waals surface area contributed by atoms with Gasteiger partial charge < -0.3 is 9.26 Å². The van der Waals surface area contributed by atoms with Crippen LogP contribution in [-0.2, 0) is 14.8 Å². The highest BCUT2D eigenvalue weighted by molar-refractivity contribution is 7.99. The number of hydrogen-bond acceptors (Lipinski definition) is 8. The summed E-state index contributed by atoms with van der Waals surface area (Å²) in [5.41, 5.74) is 1.08. The number of sulfonamides is 1. The van der Waals surface area contributed by atoms with E-state index in [2.05, 4.69) is 15.1 Å². The minimum absolute atomic E-state index is 0.146. The quantitative estimate of drug-likeness (QED) is 0.512. The summed E-state index contributed by atoms with van der Waals surface area (Å²) in [6.45, 7) is 5.00. The van der Waals surface area contributed by atoms with Crippen LogP contribution in [0.3, 0.4) is 0 Å². The van der Waals surface area contributed by atoms with E-state index in [1.807, 2.05) is 6.92 Å². The zero-order valence-corrected chi connectivity index (χ0v) is 18.6. The molecule has 1 aliphatic rings. The number of pyridine rings is 1. The van der Waals surface area contributed by atoms with Crippen molar-refractivity contribution in [2.24, 2.45) is 0 Å². The first-order valence-corrected chi connectivity index (χ1v) is 12.0. The van der Waals surface area contributed by atoms with Gasteiger partial charge in [-0.2, -0.15) is 9.29 Å². The van der Waals surface area contributed by atoms with E-state index in [-0.39, 0.29) is 16.0 Å². The zero-order chi connectivity index (χ0) is 22.0. The number of aryl methyl sites for hydroxylation is 1. The summed E-state index contributed by atoms with van der Waals surface area (Å²) in [6.07, 6.45) is 1.36. The molecule has 1 fully saturated rings. The number of benzene rings is 1. The summed E-state index contributed by atoms with van der Waals surface area (Å²) in [4.78, 5) is 8.78. The Morgan fingerprint density at radius 2 is 1.97 bits per heavy atom. The van der Waals surface area contributed by atoms with Gasteiger partial charge in [0.15, 0.2) is 0 Å². The molecule has 0 radical (unpaired) electrons. The number of nitrogens with zero attached hydrogens (tertiary/aromatic N) is 4. The second-order valence-electron chi connectivity index (χ2n) is 7.03. The molecule has 8 nitrogen and oxygen atoms in total. The van der Waals surface area contributed by atoms with Crippen LogP contribution in [0.15, 0.2) is 51.0 Å². The van der Waals surface area contributed by atoms with Gasteiger partial charge in [0.25, 0.3) is 0 Å². The molecule has 0 saturated carbocycles. The van der Waals surface area contributed by atoms with Crippen LogP contribution in [0.2, 0.25) is 0 Å². The first-order chi connectivity index (χ1) is 14.8. The Bertz CT molecular complexity index is 1160. The number of morpholine rings is 1. The van der Waals surface area contributed by atoms with Gasteiger partial charge in [-0.1, -0.05) is 29.1 Å². The summed E-state index contributed by atoms with van der Waals surface area (Å²) >= 11 is 1.36. The predicted octanol–water partition coefficient (Wildman–Crippen LogP) is 3.45. The first-order valence-electron chi connectivity index (χ1n) is 9.65. The van der Waals surface area contributed by atoms with E-state index in [1.165, 1.54) is 28.3 Å². The SMILES string of the molecule is Cc1ccc(-c2noc(C(C)Sc3ccc(S(=O)(=O)N4CCOCC4)cn3)n2)cc1F. The highest BCUT2D eigenvalue weighted by atomic mass is 32.2. The maximum absolute atomic E-state index is 13.8. The molecular formula is C20H21FN4O4S2. The zero-order valence-electron chi connectivity index (χ0n) is 17.0. The smallest absolute Gasteiger partial charge is 0.244 e. The van der Waals surface area contributed by atoms with Crippen molar-refractivity contribution >= 4 is 21.8 Å². The highest BCUT2D eigenvalue weighted by Crippen LogP contribution is 2.34. The maximum atomic E-state index is 13.8. The van der Waals surface area contributed by atoms with Crippen LogP contribution in [0, 0.1) is 12.7 Å². The van der Waals surface area contributed by atoms with E-state index in [1.54, 1.807) is 31.2 Å². The second-order valence-corrected chi connectivity index (χ2v) is 10.3. The van der Waals surface area contributed by atoms with Crippen molar-refractivity contribution in [1.29, 1.82) is 0 Å². The monoisotopic (exact) mass is 464 g/mol. The van der Waals surface area contributed by atoms with Gasteiger partial charge in [0.2, 0.25) is 21.7 Å². The fraction of sp³-hybridized carbons (Fsp3) is 0.350. The highest BCUT2D eigenvalue weighted by Gasteiger charge is 2.27. The van der Waals surface area contributed by atoms with Gasteiger partial charge in [0.05, 0.1) is 23.5 Å². The van der Waals surface area contributed by atoms with Crippen molar-refractivity contribution in [1.82, 2.24) is 19.4 Å². The van der Waals surface area contributed by atoms with E-state index in [4.69, 9.17) is 9.26 Å². The molecule has 3 heterocycles. The van der Waals surface area contributed by atoms with Gasteiger partial charge in [-0.25, -0.2) is 17.8 Å². The largest absolute Gasteiger partial charge is 0.379 e. The minimum Gasteiger partial charge on any atom is -0.379 e. The van der Waals surface area contributed by atoms with Gasteiger partial charge >= 0.3 is 0 Å². The molecule has 1 saturated heterocycles. The van der Waals surface area contributed by atoms with Crippen LogP contribution >= 0.6 is 11.8 Å². The van der Waals surface area contributed by atoms with Crippen LogP contribution in [-0.4, -0.2) is 54.2 Å². The standard InChI is InChI=1S/C20H21FN4O4S2/c1-13-3-4-15(11-17(13)21)19-23-20(29-24-19)14(2)30-18-6-5-16(12-22-18)31(26,27)25-7-9-28-10-8-25/h3-6,11-12,14H,7-10H2,1-2H3. The van der Waals surface area contributed by atoms with Crippen LogP contribution in [0.5, 0.6) is 0 Å². The third kappa shape index (κ3) is 4.79. The number of thioether (sulfide) groups is 1. The second kappa shape index (κ2) is 9.03. The lowest BCUT2D eigenvalue weighted by Gasteiger charge is -2.25. The summed E-state index contributed by atoms with van der Waals surface area (Å²) in [6, 6.07) is 7.97. The number of hydrogen-bond donors (Lipinski definition) is 0. The Kier molecular flexibility index (Phi) is 6.37. The molecule has 4 rings (SSSR count). The molecule has 11 heteroatoms. The molecule has 1 aliphatic heterocycles. The van der Waals surface area contributed by atoms with Crippen LogP contribution in [0.25, 0.3) is 11.4 Å². The fourth-order valence-electron chi connectivity index (χ4n) is 3.01. The molecule has 0 spiro atoms. The summed E-state index contributed by atoms with van der Waals surface area (Å²) in [5.74, 6) is 0.344. The third-order valence-corrected chi connectivity index (χ3v) is 7.75. The molecule has 1 aromatic carbocycles. The Hall–Kier alpha value is -2.34. The average molecular weight is 465 g/mol. The number of halogens is 1. The van der Waals surface area contributed by atoms with E-state index in [0.29, 0.717) is 54.2 Å². The maximum Gasteiger partial charge on any atom is 0.244 e. The number of aromatic nitrogens is 3. The van der Waals surface area contributed by atoms with Crippen LogP contribution in [0.4, 0.5) is 4.39 Å². The van der Waals surface area contributed by atoms with Crippen LogP contribution in [0.1, 0.15) is 23.6 Å². The lowest BCUT2D eigenvalue weighted by atomic mass is 10.1. The Labute approximate surface area is 183 Å². The van der Waals surface area contributed by atoms with Gasteiger partial charge in [-0.15, -0.1) is 0 Å². The predicted molar refractivity (Wildman–Crippen MR) is 113 cm³/mol. The molecule has 2 aromatic heterocycles. The van der Waals surface area contributed by atoms with Crippen molar-refractivity contribution in [3.05, 3.63) is 53.8 Å². The van der Waals surface area contributed by atoms with Gasteiger partial charge in [-0.3, -0.25) is 0 Å². The fourth-order valence-corrected chi connectivity index (χ4v) is 5.18. The average Bonchev–Trinajstić information content (AvgIpc) is 3.27. The van der Waals surface area contributed by atoms with Crippen molar-refractivity contribution in [2.75, 3.05) is 26.3 Å². The molecule has 0 bridgehead atoms. The van der Waals surface area contributed by atoms with Gasteiger partial charge in [0.1, 0.15) is 10.7 Å². The van der Waals surface area contributed by atoms with Gasteiger partial charge in [-0.05, 0) is 37.6 Å². The molecule has 164 valence electrons. The van der Waals surface area contributed by atoms with Crippen molar-refractivity contribution in [2.45, 2.75) is 29.0 Å². The van der Waals surface area contributed by atoms with Crippen molar-refractivity contribution in [3.63, 3.8) is 0 Å². The normalized spacial score (nSPS) is 16.4. The van der Waals surface area contributed by atoms with Crippen molar-refractivity contribution in [3.8, 4) is 11.4 Å². The van der Waals surface area contributed by atoms with Crippen LogP contribution < -0.4 is 0 Å². The van der Waals surface area contributed by atoms with Gasteiger partial charge in [0, 0.05) is 24.8 Å². The molecule has 31 heavy (non-hydrogen) atoms. The number of ether oxygens (including phenoxy) is 1. The Morgan fingerprint density at radius 1 is 1.19 bits per heavy atom. The van der Waals surface area contributed by atoms with E-state index in [9.17, 15) is 12.8 Å². The lowest BCUT2D eigenvalue weighted by molar-refractivity contribution is 0.0730. The first kappa shape index (κ1) is 21.9. The summed E-state index contributed by atoms with van der Waals surface area (Å²) < 4.78 is 51.1. The molecule has 0 N–H and O–H groups in total. The molecule has 3 aromatic rings. The van der Waals surface area contributed by atoms with Crippen molar-refractivity contribution < 1.29 is 22.1 Å². The molecular weight excluding hydrogens is 443 g/mol. The molecule has 0 amide bonds. The molecule has 1 atom stereocenters. The van der Waals surface area contributed by atoms with E-state index in [0.717, 1.165) is 0 Å². The minimum atomic E-state index is -3.58. The lowest BCUT2D eigenvalue weighted by Crippen LogP contribution is -2.40. The van der Waals surface area contributed by atoms with E-state index < -0.39 is 10.0 Å². The Balaban J connectivity index is 1.45. The van der Waals surface area contributed by atoms with E-state index >= 15 is 0 Å². The summed E-state index contributed by atoms with van der Waals surface area (Å²) in [7, 11) is -3.58. The molecule has 1 unspecified atom stereocenters. The molecule has 0 aliphatic carbocycles. The third-order valence-electron chi connectivity index (χ3n) is 4.83. The Morgan fingerprint density at radius 3 is 2.65 bits per heavy atom.